The molecule has 1 N–H and O–H groups in total. The summed E-state index contributed by atoms with van der Waals surface area (Å²) < 4.78 is 1.42. The first-order chi connectivity index (χ1) is 9.90. The van der Waals surface area contributed by atoms with E-state index in [0.29, 0.717) is 22.6 Å². The second kappa shape index (κ2) is 6.08. The fourth-order valence-electron chi connectivity index (χ4n) is 2.08. The molecule has 112 valence electrons. The average Bonchev–Trinajstić information content (AvgIpc) is 2.43. The molecule has 0 unspecified atom stereocenters. The number of nitrogens with zero attached hydrogens (tertiary/aromatic N) is 2. The van der Waals surface area contributed by atoms with Gasteiger partial charge in [-0.2, -0.15) is 0 Å². The normalized spacial score (nSPS) is 12.6. The summed E-state index contributed by atoms with van der Waals surface area (Å²) in [5, 5.41) is 3.44. The summed E-state index contributed by atoms with van der Waals surface area (Å²) >= 11 is 0. The lowest BCUT2D eigenvalue weighted by Gasteiger charge is -2.18. The number of aromatic nitrogens is 2. The molecule has 0 aliphatic heterocycles. The molecule has 0 bridgehead atoms. The van der Waals surface area contributed by atoms with Gasteiger partial charge in [-0.1, -0.05) is 26.0 Å². The Kier molecular flexibility index (Phi) is 4.40. The first kappa shape index (κ1) is 15.2. The van der Waals surface area contributed by atoms with Gasteiger partial charge in [-0.15, -0.1) is 0 Å². The number of nitrogens with one attached hydrogen (secondary N) is 1. The maximum Gasteiger partial charge on any atom is 0.261 e. The van der Waals surface area contributed by atoms with Gasteiger partial charge in [-0.05, 0) is 31.9 Å². The molecule has 2 aromatic rings. The number of hydrogen-bond acceptors (Lipinski definition) is 3. The van der Waals surface area contributed by atoms with Crippen LogP contribution in [0.3, 0.4) is 0 Å². The van der Waals surface area contributed by atoms with Crippen molar-refractivity contribution in [2.75, 3.05) is 0 Å². The molecule has 1 aromatic carbocycles. The van der Waals surface area contributed by atoms with Gasteiger partial charge in [-0.3, -0.25) is 14.2 Å². The minimum Gasteiger partial charge on any atom is -0.352 e. The van der Waals surface area contributed by atoms with Crippen molar-refractivity contribution in [3.8, 4) is 0 Å². The van der Waals surface area contributed by atoms with Gasteiger partial charge >= 0.3 is 0 Å². The second-order valence-corrected chi connectivity index (χ2v) is 5.67. The fourth-order valence-corrected chi connectivity index (χ4v) is 2.08. The highest BCUT2D eigenvalue weighted by atomic mass is 16.2. The van der Waals surface area contributed by atoms with Gasteiger partial charge in [0.2, 0.25) is 5.91 Å². The SMILES string of the molecule is Cc1nc2ccccc2c(=O)n1CC(=O)N[C@@H](C)C(C)C. The first-order valence-electron chi connectivity index (χ1n) is 7.15. The first-order valence-corrected chi connectivity index (χ1v) is 7.15. The molecule has 1 heterocycles. The molecule has 0 aliphatic rings. The molecule has 0 saturated carbocycles. The zero-order chi connectivity index (χ0) is 15.6. The van der Waals surface area contributed by atoms with Crippen LogP contribution < -0.4 is 10.9 Å². The Morgan fingerprint density at radius 2 is 1.95 bits per heavy atom. The number of benzene rings is 1. The summed E-state index contributed by atoms with van der Waals surface area (Å²) in [7, 11) is 0. The van der Waals surface area contributed by atoms with Crippen LogP contribution in [0.25, 0.3) is 10.9 Å². The third-order valence-electron chi connectivity index (χ3n) is 3.74. The average molecular weight is 287 g/mol. The summed E-state index contributed by atoms with van der Waals surface area (Å²) in [5.74, 6) is 0.728. The topological polar surface area (TPSA) is 64.0 Å². The minimum absolute atomic E-state index is 0.000436. The summed E-state index contributed by atoms with van der Waals surface area (Å²) in [6.07, 6.45) is 0. The zero-order valence-corrected chi connectivity index (χ0v) is 12.9. The smallest absolute Gasteiger partial charge is 0.261 e. The predicted molar refractivity (Wildman–Crippen MR) is 83.2 cm³/mol. The van der Waals surface area contributed by atoms with Crippen molar-refractivity contribution in [2.45, 2.75) is 40.3 Å². The van der Waals surface area contributed by atoms with E-state index in [1.165, 1.54) is 4.57 Å². The standard InChI is InChI=1S/C16H21N3O2/c1-10(2)11(3)17-15(20)9-19-12(4)18-14-8-6-5-7-13(14)16(19)21/h5-8,10-11H,9H2,1-4H3,(H,17,20)/t11-/m0/s1. The van der Waals surface area contributed by atoms with Gasteiger partial charge in [0.25, 0.3) is 5.56 Å². The number of rotatable bonds is 4. The molecule has 1 aromatic heterocycles. The van der Waals surface area contributed by atoms with Crippen molar-refractivity contribution in [1.29, 1.82) is 0 Å². The van der Waals surface area contributed by atoms with Crippen LogP contribution in [0.4, 0.5) is 0 Å². The predicted octanol–water partition coefficient (Wildman–Crippen LogP) is 1.87. The van der Waals surface area contributed by atoms with E-state index in [1.54, 1.807) is 25.1 Å². The summed E-state index contributed by atoms with van der Waals surface area (Å²) in [4.78, 5) is 28.9. The summed E-state index contributed by atoms with van der Waals surface area (Å²) in [5.41, 5.74) is 0.484. The van der Waals surface area contributed by atoms with Gasteiger partial charge < -0.3 is 5.32 Å². The highest BCUT2D eigenvalue weighted by Gasteiger charge is 2.14. The van der Waals surface area contributed by atoms with E-state index >= 15 is 0 Å². The molecular weight excluding hydrogens is 266 g/mol. The van der Waals surface area contributed by atoms with Crippen molar-refractivity contribution < 1.29 is 4.79 Å². The van der Waals surface area contributed by atoms with Crippen LogP contribution >= 0.6 is 0 Å². The van der Waals surface area contributed by atoms with E-state index in [-0.39, 0.29) is 24.1 Å². The molecule has 0 radical (unpaired) electrons. The lowest BCUT2D eigenvalue weighted by Crippen LogP contribution is -2.40. The van der Waals surface area contributed by atoms with E-state index < -0.39 is 0 Å². The van der Waals surface area contributed by atoms with Gasteiger partial charge in [0.15, 0.2) is 0 Å². The van der Waals surface area contributed by atoms with Crippen molar-refractivity contribution in [1.82, 2.24) is 14.9 Å². The Hall–Kier alpha value is -2.17. The maximum atomic E-state index is 12.4. The molecule has 0 aliphatic carbocycles. The molecular formula is C16H21N3O2. The van der Waals surface area contributed by atoms with Crippen LogP contribution in [0.5, 0.6) is 0 Å². The zero-order valence-electron chi connectivity index (χ0n) is 12.9. The summed E-state index contributed by atoms with van der Waals surface area (Å²) in [6.45, 7) is 7.78. The molecule has 1 amide bonds. The lowest BCUT2D eigenvalue weighted by atomic mass is 10.1. The number of amides is 1. The van der Waals surface area contributed by atoms with E-state index in [2.05, 4.69) is 10.3 Å². The third kappa shape index (κ3) is 3.29. The van der Waals surface area contributed by atoms with E-state index in [0.717, 1.165) is 0 Å². The van der Waals surface area contributed by atoms with Crippen molar-refractivity contribution >= 4 is 16.8 Å². The van der Waals surface area contributed by atoms with E-state index in [9.17, 15) is 9.59 Å². The number of fused-ring (bicyclic) bond motifs is 1. The monoisotopic (exact) mass is 287 g/mol. The molecule has 2 rings (SSSR count). The highest BCUT2D eigenvalue weighted by Crippen LogP contribution is 2.07. The van der Waals surface area contributed by atoms with Gasteiger partial charge in [0.1, 0.15) is 12.4 Å². The van der Waals surface area contributed by atoms with Crippen LogP contribution in [0, 0.1) is 12.8 Å². The van der Waals surface area contributed by atoms with Crippen LogP contribution in [0.2, 0.25) is 0 Å². The number of hydrogen-bond donors (Lipinski definition) is 1. The number of para-hydroxylation sites is 1. The van der Waals surface area contributed by atoms with Gasteiger partial charge in [0, 0.05) is 6.04 Å². The molecule has 0 fully saturated rings. The molecule has 0 saturated heterocycles. The Balaban J connectivity index is 2.30. The Labute approximate surface area is 124 Å². The highest BCUT2D eigenvalue weighted by molar-refractivity contribution is 5.79. The quantitative estimate of drug-likeness (QED) is 0.933. The molecule has 0 spiro atoms. The van der Waals surface area contributed by atoms with Crippen LogP contribution in [-0.2, 0) is 11.3 Å². The number of aryl methyl sites for hydroxylation is 1. The van der Waals surface area contributed by atoms with Gasteiger partial charge in [0.05, 0.1) is 10.9 Å². The molecule has 5 heteroatoms. The lowest BCUT2D eigenvalue weighted by molar-refractivity contribution is -0.122. The molecule has 21 heavy (non-hydrogen) atoms. The second-order valence-electron chi connectivity index (χ2n) is 5.67. The molecule has 5 nitrogen and oxygen atoms in total. The van der Waals surface area contributed by atoms with Crippen molar-refractivity contribution in [3.05, 3.63) is 40.4 Å². The summed E-state index contributed by atoms with van der Waals surface area (Å²) in [6, 6.07) is 7.24. The van der Waals surface area contributed by atoms with Crippen molar-refractivity contribution in [2.24, 2.45) is 5.92 Å². The number of carbonyl (C=O) groups excluding carboxylic acids is 1. The minimum atomic E-state index is -0.176. The Morgan fingerprint density at radius 3 is 2.62 bits per heavy atom. The van der Waals surface area contributed by atoms with Crippen LogP contribution in [0.1, 0.15) is 26.6 Å². The van der Waals surface area contributed by atoms with Crippen LogP contribution in [0.15, 0.2) is 29.1 Å². The Morgan fingerprint density at radius 1 is 1.29 bits per heavy atom. The fraction of sp³-hybridized carbons (Fsp3) is 0.438. The number of carbonyl (C=O) groups is 1. The van der Waals surface area contributed by atoms with E-state index in [1.807, 2.05) is 26.8 Å². The third-order valence-corrected chi connectivity index (χ3v) is 3.74. The van der Waals surface area contributed by atoms with Crippen molar-refractivity contribution in [3.63, 3.8) is 0 Å². The van der Waals surface area contributed by atoms with Crippen LogP contribution in [-0.4, -0.2) is 21.5 Å². The Bertz CT molecular complexity index is 719. The molecule has 1 atom stereocenters. The maximum absolute atomic E-state index is 12.4. The van der Waals surface area contributed by atoms with Gasteiger partial charge in [-0.25, -0.2) is 4.98 Å². The van der Waals surface area contributed by atoms with E-state index in [4.69, 9.17) is 0 Å². The largest absolute Gasteiger partial charge is 0.352 e.